The number of para-hydroxylation sites is 2. The number of ether oxygens (including phenoxy) is 2. The smallest absolute Gasteiger partial charge is 0.422 e. The van der Waals surface area contributed by atoms with Crippen LogP contribution in [0.15, 0.2) is 85.2 Å². The summed E-state index contributed by atoms with van der Waals surface area (Å²) in [7, 11) is 2.93. The minimum atomic E-state index is -4.49. The fraction of sp³-hybridized carbons (Fsp3) is 0.235. The molecule has 0 aliphatic heterocycles. The lowest BCUT2D eigenvalue weighted by molar-refractivity contribution is -0.607. The largest absolute Gasteiger partial charge is 0.484 e. The highest BCUT2D eigenvalue weighted by Crippen LogP contribution is 2.34. The number of fused-ring (bicyclic) bond motifs is 2. The van der Waals surface area contributed by atoms with Crippen molar-refractivity contribution >= 4 is 43.4 Å². The van der Waals surface area contributed by atoms with Gasteiger partial charge in [0.15, 0.2) is 13.2 Å². The van der Waals surface area contributed by atoms with Gasteiger partial charge in [-0.3, -0.25) is 0 Å². The zero-order valence-corrected chi connectivity index (χ0v) is 27.3. The maximum atomic E-state index is 13.0. The number of aromatic amines is 2. The standard InChI is InChI=1S/C34H30F6N4O2S2/c1-21-27(43(13-11-29(21)45-19-33(35,36)37)31-15-23-7-3-5-9-25(23)41-31)17-47-48-18-28-22(2)30(46-20-34(38,39)40)12-14-44(28)32-16-24-8-4-6-10-26(24)42-32/h3-16,41-42H,17-20H2,1-2H3/q+2. The predicted molar refractivity (Wildman–Crippen MR) is 175 cm³/mol. The molecule has 0 spiro atoms. The lowest BCUT2D eigenvalue weighted by Crippen LogP contribution is -2.37. The van der Waals surface area contributed by atoms with Crippen molar-refractivity contribution in [2.24, 2.45) is 0 Å². The maximum Gasteiger partial charge on any atom is 0.422 e. The second-order valence-corrected chi connectivity index (χ2v) is 13.5. The molecule has 0 saturated carbocycles. The molecule has 48 heavy (non-hydrogen) atoms. The SMILES string of the molecule is Cc1c(OCC(F)(F)F)cc[n+](-c2cc3ccccc3[nH]2)c1CSSCc1c(C)c(OCC(F)(F)F)cc[n+]1-c1cc2ccccc2[nH]1. The van der Waals surface area contributed by atoms with E-state index in [0.29, 0.717) is 22.6 Å². The molecule has 2 N–H and O–H groups in total. The van der Waals surface area contributed by atoms with Gasteiger partial charge >= 0.3 is 12.4 Å². The van der Waals surface area contributed by atoms with Gasteiger partial charge in [-0.25, -0.2) is 19.1 Å². The predicted octanol–water partition coefficient (Wildman–Crippen LogP) is 8.78. The van der Waals surface area contributed by atoms with E-state index < -0.39 is 25.6 Å². The van der Waals surface area contributed by atoms with Crippen LogP contribution in [0.3, 0.4) is 0 Å². The van der Waals surface area contributed by atoms with E-state index in [2.05, 4.69) is 9.97 Å². The highest BCUT2D eigenvalue weighted by atomic mass is 33.1. The summed E-state index contributed by atoms with van der Waals surface area (Å²) in [4.78, 5) is 6.74. The number of hydrogen-bond donors (Lipinski definition) is 2. The first-order chi connectivity index (χ1) is 22.9. The van der Waals surface area contributed by atoms with E-state index in [4.69, 9.17) is 9.47 Å². The molecule has 0 atom stereocenters. The lowest BCUT2D eigenvalue weighted by Gasteiger charge is -2.16. The molecule has 6 rings (SSSR count). The first kappa shape index (κ1) is 33.6. The summed E-state index contributed by atoms with van der Waals surface area (Å²) in [6.45, 7) is 0.624. The summed E-state index contributed by atoms with van der Waals surface area (Å²) < 4.78 is 92.2. The molecule has 4 aromatic heterocycles. The molecule has 0 amide bonds. The van der Waals surface area contributed by atoms with Gasteiger partial charge in [-0.15, -0.1) is 0 Å². The van der Waals surface area contributed by atoms with Crippen molar-refractivity contribution < 1.29 is 45.0 Å². The van der Waals surface area contributed by atoms with Gasteiger partial charge in [0, 0.05) is 46.2 Å². The van der Waals surface area contributed by atoms with E-state index >= 15 is 0 Å². The van der Waals surface area contributed by atoms with Crippen LogP contribution in [-0.4, -0.2) is 35.5 Å². The van der Waals surface area contributed by atoms with Gasteiger partial charge in [-0.1, -0.05) is 58.0 Å². The number of benzene rings is 2. The monoisotopic (exact) mass is 704 g/mol. The van der Waals surface area contributed by atoms with Gasteiger partial charge in [0.2, 0.25) is 0 Å². The van der Waals surface area contributed by atoms with Crippen molar-refractivity contribution in [1.29, 1.82) is 0 Å². The van der Waals surface area contributed by atoms with Crippen molar-refractivity contribution in [2.45, 2.75) is 37.7 Å². The highest BCUT2D eigenvalue weighted by Gasteiger charge is 2.31. The molecule has 2 aromatic carbocycles. The van der Waals surface area contributed by atoms with Crippen LogP contribution in [0, 0.1) is 13.8 Å². The van der Waals surface area contributed by atoms with Crippen LogP contribution in [0.1, 0.15) is 22.5 Å². The van der Waals surface area contributed by atoms with Crippen LogP contribution in [0.5, 0.6) is 11.5 Å². The van der Waals surface area contributed by atoms with Gasteiger partial charge in [0.1, 0.15) is 33.9 Å². The van der Waals surface area contributed by atoms with Crippen LogP contribution in [0.25, 0.3) is 33.4 Å². The Bertz CT molecular complexity index is 1860. The quantitative estimate of drug-likeness (QED) is 0.0613. The Labute approximate surface area is 279 Å². The van der Waals surface area contributed by atoms with E-state index in [9.17, 15) is 26.3 Å². The van der Waals surface area contributed by atoms with Crippen LogP contribution >= 0.6 is 21.6 Å². The third kappa shape index (κ3) is 7.70. The van der Waals surface area contributed by atoms with Gasteiger partial charge in [-0.05, 0) is 26.0 Å². The molecule has 0 bridgehead atoms. The lowest BCUT2D eigenvalue weighted by atomic mass is 10.2. The second-order valence-electron chi connectivity index (χ2n) is 11.1. The third-order valence-corrected chi connectivity index (χ3v) is 9.90. The van der Waals surface area contributed by atoms with Crippen molar-refractivity contribution in [2.75, 3.05) is 13.2 Å². The van der Waals surface area contributed by atoms with Crippen LogP contribution in [0.4, 0.5) is 26.3 Å². The zero-order chi connectivity index (χ0) is 34.1. The maximum absolute atomic E-state index is 13.0. The Hall–Kier alpha value is -4.30. The molecule has 6 nitrogen and oxygen atoms in total. The van der Waals surface area contributed by atoms with Crippen LogP contribution in [0.2, 0.25) is 0 Å². The number of nitrogens with one attached hydrogen (secondary N) is 2. The number of alkyl halides is 6. The summed E-state index contributed by atoms with van der Waals surface area (Å²) in [5, 5.41) is 1.96. The molecule has 0 aliphatic rings. The molecule has 14 heteroatoms. The van der Waals surface area contributed by atoms with Crippen molar-refractivity contribution in [3.05, 3.63) is 108 Å². The second kappa shape index (κ2) is 13.7. The number of H-pyrrole nitrogens is 2. The molecule has 0 radical (unpaired) electrons. The molecule has 0 fully saturated rings. The average molecular weight is 705 g/mol. The van der Waals surface area contributed by atoms with Crippen LogP contribution in [-0.2, 0) is 11.5 Å². The van der Waals surface area contributed by atoms with Gasteiger partial charge in [0.25, 0.3) is 11.6 Å². The zero-order valence-electron chi connectivity index (χ0n) is 25.7. The number of nitrogens with zero attached hydrogens (tertiary/aromatic N) is 2. The van der Waals surface area contributed by atoms with E-state index in [1.54, 1.807) is 26.2 Å². The highest BCUT2D eigenvalue weighted by molar-refractivity contribution is 8.76. The topological polar surface area (TPSA) is 57.8 Å². The van der Waals surface area contributed by atoms with E-state index in [0.717, 1.165) is 44.8 Å². The fourth-order valence-electron chi connectivity index (χ4n) is 5.37. The Morgan fingerprint density at radius 3 is 1.38 bits per heavy atom. The average Bonchev–Trinajstić information content (AvgIpc) is 3.66. The first-order valence-electron chi connectivity index (χ1n) is 14.7. The van der Waals surface area contributed by atoms with E-state index in [1.807, 2.05) is 69.8 Å². The number of pyridine rings is 2. The third-order valence-electron chi connectivity index (χ3n) is 7.74. The molecule has 0 saturated heterocycles. The Kier molecular flexibility index (Phi) is 9.57. The molecule has 0 aliphatic carbocycles. The van der Waals surface area contributed by atoms with E-state index in [-0.39, 0.29) is 11.5 Å². The molecular formula is C34H30F6N4O2S2+2. The molecule has 6 aromatic rings. The molecule has 4 heterocycles. The number of aromatic nitrogens is 4. The molecule has 250 valence electrons. The molecule has 0 unspecified atom stereocenters. The van der Waals surface area contributed by atoms with Crippen molar-refractivity contribution in [3.63, 3.8) is 0 Å². The number of hydrogen-bond acceptors (Lipinski definition) is 4. The minimum absolute atomic E-state index is 0.127. The van der Waals surface area contributed by atoms with Gasteiger partial charge in [0.05, 0.1) is 23.9 Å². The van der Waals surface area contributed by atoms with Crippen molar-refractivity contribution in [1.82, 2.24) is 9.97 Å². The molecular weight excluding hydrogens is 675 g/mol. The first-order valence-corrected chi connectivity index (χ1v) is 17.2. The minimum Gasteiger partial charge on any atom is -0.484 e. The normalized spacial score (nSPS) is 12.2. The summed E-state index contributed by atoms with van der Waals surface area (Å²) in [6, 6.07) is 22.4. The Morgan fingerprint density at radius 1 is 0.604 bits per heavy atom. The fourth-order valence-corrected chi connectivity index (χ4v) is 7.64. The summed E-state index contributed by atoms with van der Waals surface area (Å²) >= 11 is 0. The Morgan fingerprint density at radius 2 is 1.00 bits per heavy atom. The van der Waals surface area contributed by atoms with Crippen LogP contribution < -0.4 is 18.6 Å². The van der Waals surface area contributed by atoms with Gasteiger partial charge in [-0.2, -0.15) is 26.3 Å². The summed E-state index contributed by atoms with van der Waals surface area (Å²) in [6.07, 6.45) is -5.62. The number of rotatable bonds is 11. The summed E-state index contributed by atoms with van der Waals surface area (Å²) in [5.41, 5.74) is 4.38. The van der Waals surface area contributed by atoms with Gasteiger partial charge < -0.3 is 9.47 Å². The van der Waals surface area contributed by atoms with Crippen molar-refractivity contribution in [3.8, 4) is 23.1 Å². The summed E-state index contributed by atoms with van der Waals surface area (Å²) in [5.74, 6) is 2.49. The van der Waals surface area contributed by atoms with E-state index in [1.165, 1.54) is 33.7 Å². The Balaban J connectivity index is 1.29. The number of halogens is 6.